The molecule has 1 aliphatic heterocycles. The van der Waals surface area contributed by atoms with Crippen molar-refractivity contribution in [1.29, 1.82) is 0 Å². The van der Waals surface area contributed by atoms with Crippen LogP contribution in [-0.4, -0.2) is 18.6 Å². The van der Waals surface area contributed by atoms with Crippen LogP contribution in [0.1, 0.15) is 27.2 Å². The summed E-state index contributed by atoms with van der Waals surface area (Å²) in [6.45, 7) is 6.85. The van der Waals surface area contributed by atoms with Gasteiger partial charge in [0.25, 0.3) is 5.91 Å². The van der Waals surface area contributed by atoms with Gasteiger partial charge in [-0.2, -0.15) is 0 Å². The number of amides is 1. The number of nitrogen functional groups attached to an aromatic ring is 1. The summed E-state index contributed by atoms with van der Waals surface area (Å²) in [5, 5.41) is 0. The lowest BCUT2D eigenvalue weighted by atomic mass is 10.1. The third-order valence-electron chi connectivity index (χ3n) is 3.00. The van der Waals surface area contributed by atoms with Gasteiger partial charge in [0.15, 0.2) is 6.10 Å². The molecule has 4 nitrogen and oxygen atoms in total. The Labute approximate surface area is 108 Å². The average Bonchev–Trinajstić information content (AvgIpc) is 2.31. The molecule has 0 aliphatic carbocycles. The van der Waals surface area contributed by atoms with Crippen molar-refractivity contribution in [2.45, 2.75) is 33.3 Å². The monoisotopic (exact) mass is 248 g/mol. The van der Waals surface area contributed by atoms with Crippen LogP contribution in [0.5, 0.6) is 5.75 Å². The maximum Gasteiger partial charge on any atom is 0.268 e. The van der Waals surface area contributed by atoms with Gasteiger partial charge in [0.2, 0.25) is 0 Å². The normalized spacial score (nSPS) is 18.8. The van der Waals surface area contributed by atoms with Gasteiger partial charge in [-0.3, -0.25) is 4.79 Å². The Kier molecular flexibility index (Phi) is 3.45. The van der Waals surface area contributed by atoms with Crippen molar-refractivity contribution in [2.24, 2.45) is 5.92 Å². The van der Waals surface area contributed by atoms with Crippen LogP contribution in [-0.2, 0) is 4.79 Å². The molecule has 2 N–H and O–H groups in total. The van der Waals surface area contributed by atoms with E-state index in [2.05, 4.69) is 13.8 Å². The molecule has 1 aromatic rings. The Balaban J connectivity index is 2.41. The minimum absolute atomic E-state index is 0.0449. The first kappa shape index (κ1) is 12.7. The highest BCUT2D eigenvalue weighted by atomic mass is 16.5. The van der Waals surface area contributed by atoms with E-state index in [0.717, 1.165) is 5.69 Å². The van der Waals surface area contributed by atoms with Crippen molar-refractivity contribution >= 4 is 17.3 Å². The van der Waals surface area contributed by atoms with Gasteiger partial charge in [-0.25, -0.2) is 0 Å². The molecule has 0 bridgehead atoms. The molecule has 2 rings (SSSR count). The molecule has 0 fully saturated rings. The summed E-state index contributed by atoms with van der Waals surface area (Å²) in [4.78, 5) is 14.1. The second-order valence-electron chi connectivity index (χ2n) is 5.08. The summed E-state index contributed by atoms with van der Waals surface area (Å²) in [5.74, 6) is 1.17. The fourth-order valence-electron chi connectivity index (χ4n) is 2.16. The van der Waals surface area contributed by atoms with Gasteiger partial charge in [-0.05, 0) is 24.5 Å². The highest BCUT2D eigenvalue weighted by Gasteiger charge is 2.33. The molecular formula is C14H20N2O2. The molecule has 0 saturated heterocycles. The molecule has 1 unspecified atom stereocenters. The summed E-state index contributed by atoms with van der Waals surface area (Å²) in [6, 6.07) is 5.45. The maximum atomic E-state index is 12.3. The summed E-state index contributed by atoms with van der Waals surface area (Å²) < 4.78 is 5.71. The van der Waals surface area contributed by atoms with Crippen LogP contribution >= 0.6 is 0 Å². The quantitative estimate of drug-likeness (QED) is 0.836. The summed E-state index contributed by atoms with van der Waals surface area (Å²) in [6.07, 6.45) is 0.278. The number of carbonyl (C=O) groups excluding carboxylic acids is 1. The smallest absolute Gasteiger partial charge is 0.268 e. The first-order valence-electron chi connectivity index (χ1n) is 6.40. The van der Waals surface area contributed by atoms with Crippen LogP contribution in [0.3, 0.4) is 0 Å². The van der Waals surface area contributed by atoms with E-state index in [0.29, 0.717) is 30.3 Å². The third kappa shape index (κ3) is 2.28. The van der Waals surface area contributed by atoms with Crippen molar-refractivity contribution in [3.05, 3.63) is 18.2 Å². The maximum absolute atomic E-state index is 12.3. The van der Waals surface area contributed by atoms with E-state index < -0.39 is 6.10 Å². The number of nitrogens with two attached hydrogens (primary N) is 1. The van der Waals surface area contributed by atoms with Gasteiger partial charge in [-0.15, -0.1) is 0 Å². The number of ether oxygens (including phenoxy) is 1. The zero-order chi connectivity index (χ0) is 13.3. The minimum Gasteiger partial charge on any atom is -0.478 e. The van der Waals surface area contributed by atoms with Crippen molar-refractivity contribution in [3.8, 4) is 5.75 Å². The van der Waals surface area contributed by atoms with Gasteiger partial charge in [0.05, 0.1) is 5.69 Å². The van der Waals surface area contributed by atoms with Gasteiger partial charge >= 0.3 is 0 Å². The number of benzene rings is 1. The predicted octanol–water partition coefficient (Wildman–Crippen LogP) is 2.43. The largest absolute Gasteiger partial charge is 0.478 e. The minimum atomic E-state index is -0.391. The van der Waals surface area contributed by atoms with Gasteiger partial charge < -0.3 is 15.4 Å². The molecular weight excluding hydrogens is 228 g/mol. The van der Waals surface area contributed by atoms with Crippen molar-refractivity contribution < 1.29 is 9.53 Å². The van der Waals surface area contributed by atoms with E-state index in [9.17, 15) is 4.79 Å². The van der Waals surface area contributed by atoms with E-state index >= 15 is 0 Å². The number of carbonyl (C=O) groups is 1. The second-order valence-corrected chi connectivity index (χ2v) is 5.08. The Bertz CT molecular complexity index is 457. The van der Waals surface area contributed by atoms with E-state index in [-0.39, 0.29) is 5.91 Å². The Morgan fingerprint density at radius 1 is 1.44 bits per heavy atom. The van der Waals surface area contributed by atoms with E-state index in [1.165, 1.54) is 0 Å². The van der Waals surface area contributed by atoms with Crippen LogP contribution in [0.4, 0.5) is 11.4 Å². The summed E-state index contributed by atoms with van der Waals surface area (Å²) >= 11 is 0. The molecule has 1 amide bonds. The van der Waals surface area contributed by atoms with Crippen LogP contribution in [0, 0.1) is 5.92 Å². The van der Waals surface area contributed by atoms with Crippen molar-refractivity contribution in [2.75, 3.05) is 17.2 Å². The van der Waals surface area contributed by atoms with Crippen LogP contribution in [0.25, 0.3) is 0 Å². The molecule has 1 heterocycles. The molecule has 1 aromatic carbocycles. The molecule has 98 valence electrons. The third-order valence-corrected chi connectivity index (χ3v) is 3.00. The number of fused-ring (bicyclic) bond motifs is 1. The number of rotatable bonds is 3. The molecule has 4 heteroatoms. The molecule has 0 radical (unpaired) electrons. The fraction of sp³-hybridized carbons (Fsp3) is 0.500. The van der Waals surface area contributed by atoms with Crippen molar-refractivity contribution in [3.63, 3.8) is 0 Å². The lowest BCUT2D eigenvalue weighted by Gasteiger charge is -2.35. The molecule has 1 aliphatic rings. The summed E-state index contributed by atoms with van der Waals surface area (Å²) in [5.41, 5.74) is 7.25. The first-order chi connectivity index (χ1) is 8.52. The standard InChI is InChI=1S/C14H20N2O2/c1-4-12-14(17)16(8-9(2)3)11-6-5-10(15)7-13(11)18-12/h5-7,9,12H,4,8,15H2,1-3H3. The van der Waals surface area contributed by atoms with Gasteiger partial charge in [-0.1, -0.05) is 20.8 Å². The lowest BCUT2D eigenvalue weighted by molar-refractivity contribution is -0.126. The van der Waals surface area contributed by atoms with E-state index in [4.69, 9.17) is 10.5 Å². The van der Waals surface area contributed by atoms with E-state index in [1.54, 1.807) is 12.1 Å². The predicted molar refractivity (Wildman–Crippen MR) is 72.8 cm³/mol. The van der Waals surface area contributed by atoms with E-state index in [1.807, 2.05) is 17.9 Å². The number of hydrogen-bond acceptors (Lipinski definition) is 3. The van der Waals surface area contributed by atoms with Crippen LogP contribution in [0.15, 0.2) is 18.2 Å². The lowest BCUT2D eigenvalue weighted by Crippen LogP contribution is -2.47. The summed E-state index contributed by atoms with van der Waals surface area (Å²) in [7, 11) is 0. The molecule has 0 spiro atoms. The van der Waals surface area contributed by atoms with Gasteiger partial charge in [0.1, 0.15) is 5.75 Å². The Morgan fingerprint density at radius 3 is 2.78 bits per heavy atom. The number of hydrogen-bond donors (Lipinski definition) is 1. The molecule has 1 atom stereocenters. The Hall–Kier alpha value is -1.71. The number of anilines is 2. The average molecular weight is 248 g/mol. The highest BCUT2D eigenvalue weighted by molar-refractivity contribution is 6.00. The van der Waals surface area contributed by atoms with Gasteiger partial charge in [0, 0.05) is 18.3 Å². The van der Waals surface area contributed by atoms with Crippen LogP contribution in [0.2, 0.25) is 0 Å². The second kappa shape index (κ2) is 4.88. The highest BCUT2D eigenvalue weighted by Crippen LogP contribution is 2.36. The molecule has 0 aromatic heterocycles. The van der Waals surface area contributed by atoms with Crippen molar-refractivity contribution in [1.82, 2.24) is 0 Å². The van der Waals surface area contributed by atoms with Crippen LogP contribution < -0.4 is 15.4 Å². The first-order valence-corrected chi connectivity index (χ1v) is 6.40. The SMILES string of the molecule is CCC1Oc2cc(N)ccc2N(CC(C)C)C1=O. The molecule has 0 saturated carbocycles. The fourth-order valence-corrected chi connectivity index (χ4v) is 2.16. The zero-order valence-electron chi connectivity index (χ0n) is 11.1. The molecule has 18 heavy (non-hydrogen) atoms. The Morgan fingerprint density at radius 2 is 2.17 bits per heavy atom. The zero-order valence-corrected chi connectivity index (χ0v) is 11.1. The topological polar surface area (TPSA) is 55.6 Å². The number of nitrogens with zero attached hydrogens (tertiary/aromatic N) is 1.